The van der Waals surface area contributed by atoms with Gasteiger partial charge >= 0.3 is 0 Å². The van der Waals surface area contributed by atoms with Gasteiger partial charge in [-0.25, -0.2) is 8.78 Å². The fraction of sp³-hybridized carbons (Fsp3) is 0.190. The second kappa shape index (κ2) is 7.83. The average Bonchev–Trinajstić information content (AvgIpc) is 3.29. The van der Waals surface area contributed by atoms with Crippen molar-refractivity contribution in [2.45, 2.75) is 24.9 Å². The average molecular weight is 408 g/mol. The molecule has 2 atom stereocenters. The molecule has 1 aliphatic rings. The summed E-state index contributed by atoms with van der Waals surface area (Å²) in [5.74, 6) is -1.13. The maximum atomic E-state index is 14.7. The van der Waals surface area contributed by atoms with Crippen molar-refractivity contribution < 1.29 is 13.6 Å². The summed E-state index contributed by atoms with van der Waals surface area (Å²) >= 11 is 11.9. The number of carbonyl (C=O) groups is 1. The van der Waals surface area contributed by atoms with Gasteiger partial charge in [0, 0.05) is 17.7 Å². The molecule has 27 heavy (non-hydrogen) atoms. The van der Waals surface area contributed by atoms with Gasteiger partial charge in [0.1, 0.15) is 11.5 Å². The minimum atomic E-state index is -1.46. The minimum absolute atomic E-state index is 0.277. The largest absolute Gasteiger partial charge is 0.322 e. The zero-order valence-electron chi connectivity index (χ0n) is 14.5. The Morgan fingerprint density at radius 3 is 2.70 bits per heavy atom. The van der Waals surface area contributed by atoms with E-state index in [1.54, 1.807) is 31.2 Å². The summed E-state index contributed by atoms with van der Waals surface area (Å²) in [6.07, 6.45) is 5.99. The van der Waals surface area contributed by atoms with Crippen LogP contribution >= 0.6 is 23.2 Å². The van der Waals surface area contributed by atoms with Crippen LogP contribution in [-0.4, -0.2) is 11.6 Å². The number of hydrogen-bond acceptors (Lipinski definition) is 1. The highest BCUT2D eigenvalue weighted by molar-refractivity contribution is 6.42. The van der Waals surface area contributed by atoms with Crippen molar-refractivity contribution in [2.24, 2.45) is 0 Å². The molecule has 1 fully saturated rings. The van der Waals surface area contributed by atoms with Crippen molar-refractivity contribution in [1.29, 1.82) is 0 Å². The standard InChI is InChI=1S/C21H17Cl2F2NO/c1-13-5-7-15(24)11-19(13)26-20(27)4-2-3-9-21(25)12-16(21)14-6-8-17(22)18(23)10-14/h2-11,16H,12H2,1H3,(H,26,27)/b4-2+,9-3+. The number of alkyl halides is 1. The number of aryl methyl sites for hydroxylation is 1. The van der Waals surface area contributed by atoms with Gasteiger partial charge in [0.15, 0.2) is 0 Å². The third-order valence-electron chi connectivity index (χ3n) is 4.47. The van der Waals surface area contributed by atoms with Crippen LogP contribution in [0, 0.1) is 12.7 Å². The number of carbonyl (C=O) groups excluding carboxylic acids is 1. The molecule has 6 heteroatoms. The number of allylic oxidation sites excluding steroid dienone is 3. The lowest BCUT2D eigenvalue weighted by molar-refractivity contribution is -0.111. The number of nitrogens with one attached hydrogen (secondary N) is 1. The molecule has 1 N–H and O–H groups in total. The summed E-state index contributed by atoms with van der Waals surface area (Å²) in [5.41, 5.74) is 0.480. The molecule has 0 spiro atoms. The first-order chi connectivity index (χ1) is 12.8. The number of hydrogen-bond donors (Lipinski definition) is 1. The quantitative estimate of drug-likeness (QED) is 0.451. The number of amides is 1. The Morgan fingerprint density at radius 2 is 1.96 bits per heavy atom. The number of anilines is 1. The van der Waals surface area contributed by atoms with Gasteiger partial charge < -0.3 is 5.32 Å². The van der Waals surface area contributed by atoms with Crippen LogP contribution in [0.25, 0.3) is 0 Å². The van der Waals surface area contributed by atoms with E-state index < -0.39 is 17.4 Å². The highest BCUT2D eigenvalue weighted by atomic mass is 35.5. The molecule has 1 saturated carbocycles. The van der Waals surface area contributed by atoms with Crippen LogP contribution in [0.4, 0.5) is 14.5 Å². The molecule has 0 aliphatic heterocycles. The summed E-state index contributed by atoms with van der Waals surface area (Å²) < 4.78 is 27.9. The predicted octanol–water partition coefficient (Wildman–Crippen LogP) is 6.39. The van der Waals surface area contributed by atoms with E-state index in [1.807, 2.05) is 0 Å². The number of halogens is 4. The summed E-state index contributed by atoms with van der Waals surface area (Å²) in [7, 11) is 0. The molecular formula is C21H17Cl2F2NO. The van der Waals surface area contributed by atoms with Crippen molar-refractivity contribution in [3.05, 3.63) is 87.7 Å². The van der Waals surface area contributed by atoms with Crippen LogP contribution in [0.3, 0.4) is 0 Å². The lowest BCUT2D eigenvalue weighted by Crippen LogP contribution is -2.09. The van der Waals surface area contributed by atoms with Gasteiger partial charge in [0.2, 0.25) is 5.91 Å². The summed E-state index contributed by atoms with van der Waals surface area (Å²) in [5, 5.41) is 3.42. The zero-order valence-corrected chi connectivity index (χ0v) is 16.0. The van der Waals surface area contributed by atoms with E-state index in [0.717, 1.165) is 11.1 Å². The van der Waals surface area contributed by atoms with E-state index in [4.69, 9.17) is 23.2 Å². The first kappa shape index (κ1) is 19.6. The molecule has 0 heterocycles. The van der Waals surface area contributed by atoms with E-state index in [9.17, 15) is 13.6 Å². The molecule has 2 unspecified atom stereocenters. The highest BCUT2D eigenvalue weighted by Gasteiger charge is 2.54. The van der Waals surface area contributed by atoms with Crippen molar-refractivity contribution in [3.8, 4) is 0 Å². The normalized spacial score (nSPS) is 21.7. The fourth-order valence-electron chi connectivity index (χ4n) is 2.82. The van der Waals surface area contributed by atoms with E-state index in [-0.39, 0.29) is 5.92 Å². The summed E-state index contributed by atoms with van der Waals surface area (Å²) in [4.78, 5) is 11.9. The summed E-state index contributed by atoms with van der Waals surface area (Å²) in [6, 6.07) is 9.24. The molecule has 3 rings (SSSR count). The van der Waals surface area contributed by atoms with Gasteiger partial charge in [-0.3, -0.25) is 4.79 Å². The number of rotatable bonds is 5. The Labute approximate surface area is 166 Å². The summed E-state index contributed by atoms with van der Waals surface area (Å²) in [6.45, 7) is 1.77. The van der Waals surface area contributed by atoms with Crippen LogP contribution in [0.1, 0.15) is 23.5 Å². The van der Waals surface area contributed by atoms with Gasteiger partial charge in [0.25, 0.3) is 0 Å². The highest BCUT2D eigenvalue weighted by Crippen LogP contribution is 2.56. The van der Waals surface area contributed by atoms with Crippen molar-refractivity contribution in [1.82, 2.24) is 0 Å². The van der Waals surface area contributed by atoms with Gasteiger partial charge in [-0.15, -0.1) is 0 Å². The Kier molecular flexibility index (Phi) is 5.68. The van der Waals surface area contributed by atoms with Crippen molar-refractivity contribution in [3.63, 3.8) is 0 Å². The van der Waals surface area contributed by atoms with Crippen LogP contribution in [-0.2, 0) is 4.79 Å². The van der Waals surface area contributed by atoms with Crippen molar-refractivity contribution >= 4 is 34.8 Å². The number of benzene rings is 2. The molecule has 2 aromatic rings. The van der Waals surface area contributed by atoms with Gasteiger partial charge in [0.05, 0.1) is 10.0 Å². The molecule has 2 aromatic carbocycles. The molecule has 2 nitrogen and oxygen atoms in total. The third-order valence-corrected chi connectivity index (χ3v) is 5.21. The van der Waals surface area contributed by atoms with Gasteiger partial charge in [-0.1, -0.05) is 47.5 Å². The predicted molar refractivity (Wildman–Crippen MR) is 106 cm³/mol. The van der Waals surface area contributed by atoms with E-state index in [1.165, 1.54) is 36.4 Å². The fourth-order valence-corrected chi connectivity index (χ4v) is 3.13. The zero-order chi connectivity index (χ0) is 19.6. The lowest BCUT2D eigenvalue weighted by Gasteiger charge is -2.06. The maximum Gasteiger partial charge on any atom is 0.248 e. The van der Waals surface area contributed by atoms with Gasteiger partial charge in [-0.05, 0) is 54.8 Å². The Morgan fingerprint density at radius 1 is 1.19 bits per heavy atom. The van der Waals surface area contributed by atoms with Crippen LogP contribution < -0.4 is 5.32 Å². The molecule has 0 aromatic heterocycles. The molecule has 1 aliphatic carbocycles. The van der Waals surface area contributed by atoms with Gasteiger partial charge in [-0.2, -0.15) is 0 Å². The first-order valence-corrected chi connectivity index (χ1v) is 9.11. The van der Waals surface area contributed by atoms with Crippen molar-refractivity contribution in [2.75, 3.05) is 5.32 Å². The first-order valence-electron chi connectivity index (χ1n) is 8.35. The SMILES string of the molecule is Cc1ccc(F)cc1NC(=O)/C=C/C=C/C1(F)CC1c1ccc(Cl)c(Cl)c1. The smallest absolute Gasteiger partial charge is 0.248 e. The molecule has 0 saturated heterocycles. The van der Waals surface area contributed by atoms with Crippen LogP contribution in [0.2, 0.25) is 10.0 Å². The van der Waals surface area contributed by atoms with E-state index in [2.05, 4.69) is 5.32 Å². The van der Waals surface area contributed by atoms with E-state index in [0.29, 0.717) is 22.2 Å². The maximum absolute atomic E-state index is 14.7. The Balaban J connectivity index is 1.57. The Bertz CT molecular complexity index is 942. The third kappa shape index (κ3) is 4.76. The monoisotopic (exact) mass is 407 g/mol. The molecule has 0 bridgehead atoms. The Hall–Kier alpha value is -2.17. The van der Waals surface area contributed by atoms with Crippen LogP contribution in [0.5, 0.6) is 0 Å². The second-order valence-electron chi connectivity index (χ2n) is 6.52. The minimum Gasteiger partial charge on any atom is -0.322 e. The molecule has 140 valence electrons. The topological polar surface area (TPSA) is 29.1 Å². The van der Waals surface area contributed by atoms with Crippen LogP contribution in [0.15, 0.2) is 60.7 Å². The molecule has 1 amide bonds. The molecule has 0 radical (unpaired) electrons. The molecular weight excluding hydrogens is 391 g/mol. The van der Waals surface area contributed by atoms with E-state index >= 15 is 0 Å². The second-order valence-corrected chi connectivity index (χ2v) is 7.34. The lowest BCUT2D eigenvalue weighted by atomic mass is 10.1.